The van der Waals surface area contributed by atoms with Crippen molar-refractivity contribution in [3.8, 4) is 0 Å². The van der Waals surface area contributed by atoms with Gasteiger partial charge in [0.05, 0.1) is 25.3 Å². The van der Waals surface area contributed by atoms with Gasteiger partial charge in [0, 0.05) is 18.9 Å². The number of hydrogen-bond donors (Lipinski definition) is 3. The van der Waals surface area contributed by atoms with E-state index in [2.05, 4.69) is 21.7 Å². The van der Waals surface area contributed by atoms with Crippen LogP contribution in [0.2, 0.25) is 0 Å². The van der Waals surface area contributed by atoms with Crippen molar-refractivity contribution < 1.29 is 4.74 Å². The minimum Gasteiger partial charge on any atom is -0.378 e. The average Bonchev–Trinajstić information content (AvgIpc) is 2.74. The molecule has 1 aliphatic rings. The van der Waals surface area contributed by atoms with E-state index in [0.29, 0.717) is 12.1 Å². The second-order valence-electron chi connectivity index (χ2n) is 3.55. The molecule has 1 aromatic heterocycles. The summed E-state index contributed by atoms with van der Waals surface area (Å²) >= 11 is 0. The maximum atomic E-state index is 5.45. The Morgan fingerprint density at radius 3 is 3.14 bits per heavy atom. The Labute approximate surface area is 84.0 Å². The monoisotopic (exact) mass is 195 g/mol. The topological polar surface area (TPSA) is 49.1 Å². The summed E-state index contributed by atoms with van der Waals surface area (Å²) in [6, 6.07) is 2.78. The standard InChI is InChI=1S/C10H17N3O/c1-11-10(8-2-3-12-6-8)9-7-14-5-4-13-9/h2-3,6,9-13H,4-5,7H2,1H3. The van der Waals surface area contributed by atoms with Gasteiger partial charge in [-0.2, -0.15) is 0 Å². The van der Waals surface area contributed by atoms with E-state index < -0.39 is 0 Å². The average molecular weight is 195 g/mol. The molecule has 0 amide bonds. The third kappa shape index (κ3) is 1.97. The van der Waals surface area contributed by atoms with Crippen LogP contribution in [0.1, 0.15) is 11.6 Å². The highest BCUT2D eigenvalue weighted by atomic mass is 16.5. The van der Waals surface area contributed by atoms with Crippen molar-refractivity contribution in [3.05, 3.63) is 24.0 Å². The molecule has 0 bridgehead atoms. The maximum absolute atomic E-state index is 5.45. The van der Waals surface area contributed by atoms with Crippen LogP contribution in [0.3, 0.4) is 0 Å². The van der Waals surface area contributed by atoms with Gasteiger partial charge in [-0.1, -0.05) is 0 Å². The first-order valence-corrected chi connectivity index (χ1v) is 5.03. The van der Waals surface area contributed by atoms with Gasteiger partial charge in [-0.15, -0.1) is 0 Å². The number of aromatic nitrogens is 1. The predicted molar refractivity (Wildman–Crippen MR) is 55.2 cm³/mol. The molecule has 3 N–H and O–H groups in total. The molecule has 4 nitrogen and oxygen atoms in total. The summed E-state index contributed by atoms with van der Waals surface area (Å²) in [5.74, 6) is 0. The smallest absolute Gasteiger partial charge is 0.0638 e. The zero-order valence-corrected chi connectivity index (χ0v) is 8.42. The Kier molecular flexibility index (Phi) is 3.18. The Morgan fingerprint density at radius 1 is 1.64 bits per heavy atom. The molecule has 0 aromatic carbocycles. The lowest BCUT2D eigenvalue weighted by Crippen LogP contribution is -2.48. The van der Waals surface area contributed by atoms with E-state index in [1.54, 1.807) is 0 Å². The molecule has 78 valence electrons. The minimum absolute atomic E-state index is 0.321. The molecule has 0 spiro atoms. The Balaban J connectivity index is 2.04. The summed E-state index contributed by atoms with van der Waals surface area (Å²) in [5.41, 5.74) is 1.27. The van der Waals surface area contributed by atoms with Crippen LogP contribution in [-0.4, -0.2) is 37.8 Å². The summed E-state index contributed by atoms with van der Waals surface area (Å²) in [4.78, 5) is 3.08. The van der Waals surface area contributed by atoms with E-state index in [1.807, 2.05) is 19.4 Å². The molecule has 2 heterocycles. The van der Waals surface area contributed by atoms with Crippen LogP contribution in [0.5, 0.6) is 0 Å². The Bertz CT molecular complexity index is 254. The fraction of sp³-hybridized carbons (Fsp3) is 0.600. The number of rotatable bonds is 3. The lowest BCUT2D eigenvalue weighted by atomic mass is 10.0. The quantitative estimate of drug-likeness (QED) is 0.648. The molecule has 1 fully saturated rings. The van der Waals surface area contributed by atoms with Crippen LogP contribution in [0.4, 0.5) is 0 Å². The van der Waals surface area contributed by atoms with Crippen LogP contribution in [-0.2, 0) is 4.74 Å². The molecule has 0 radical (unpaired) electrons. The van der Waals surface area contributed by atoms with Crippen molar-refractivity contribution in [3.63, 3.8) is 0 Å². The largest absolute Gasteiger partial charge is 0.378 e. The summed E-state index contributed by atoms with van der Waals surface area (Å²) in [5, 5.41) is 6.77. The zero-order valence-electron chi connectivity index (χ0n) is 8.42. The third-order valence-corrected chi connectivity index (χ3v) is 2.64. The van der Waals surface area contributed by atoms with E-state index >= 15 is 0 Å². The van der Waals surface area contributed by atoms with E-state index in [0.717, 1.165) is 19.8 Å². The fourth-order valence-corrected chi connectivity index (χ4v) is 1.93. The molecule has 0 saturated carbocycles. The maximum Gasteiger partial charge on any atom is 0.0638 e. The fourth-order valence-electron chi connectivity index (χ4n) is 1.93. The molecule has 2 unspecified atom stereocenters. The van der Waals surface area contributed by atoms with Gasteiger partial charge in [-0.05, 0) is 18.7 Å². The Morgan fingerprint density at radius 2 is 2.57 bits per heavy atom. The van der Waals surface area contributed by atoms with Crippen LogP contribution in [0.25, 0.3) is 0 Å². The van der Waals surface area contributed by atoms with Crippen molar-refractivity contribution in [2.45, 2.75) is 12.1 Å². The molecule has 2 rings (SSSR count). The number of hydrogen-bond acceptors (Lipinski definition) is 3. The van der Waals surface area contributed by atoms with Crippen molar-refractivity contribution in [1.29, 1.82) is 0 Å². The van der Waals surface area contributed by atoms with Crippen LogP contribution >= 0.6 is 0 Å². The predicted octanol–water partition coefficient (Wildman–Crippen LogP) is 0.264. The van der Waals surface area contributed by atoms with E-state index in [9.17, 15) is 0 Å². The van der Waals surface area contributed by atoms with Crippen molar-refractivity contribution >= 4 is 0 Å². The number of morpholine rings is 1. The van der Waals surface area contributed by atoms with Crippen molar-refractivity contribution in [2.24, 2.45) is 0 Å². The van der Waals surface area contributed by atoms with E-state index in [1.165, 1.54) is 5.56 Å². The van der Waals surface area contributed by atoms with Gasteiger partial charge in [0.25, 0.3) is 0 Å². The molecule has 1 aliphatic heterocycles. The van der Waals surface area contributed by atoms with Gasteiger partial charge in [0.15, 0.2) is 0 Å². The van der Waals surface area contributed by atoms with Crippen LogP contribution in [0, 0.1) is 0 Å². The summed E-state index contributed by atoms with van der Waals surface area (Å²) in [6.07, 6.45) is 3.97. The summed E-state index contributed by atoms with van der Waals surface area (Å²) in [6.45, 7) is 2.53. The first-order valence-electron chi connectivity index (χ1n) is 5.03. The van der Waals surface area contributed by atoms with Gasteiger partial charge < -0.3 is 20.4 Å². The highest BCUT2D eigenvalue weighted by Gasteiger charge is 2.23. The molecule has 14 heavy (non-hydrogen) atoms. The first kappa shape index (κ1) is 9.71. The van der Waals surface area contributed by atoms with Crippen molar-refractivity contribution in [2.75, 3.05) is 26.8 Å². The first-order chi connectivity index (χ1) is 6.92. The van der Waals surface area contributed by atoms with Gasteiger partial charge >= 0.3 is 0 Å². The van der Waals surface area contributed by atoms with Gasteiger partial charge in [0.1, 0.15) is 0 Å². The number of nitrogens with one attached hydrogen (secondary N) is 3. The number of likely N-dealkylation sites (N-methyl/N-ethyl adjacent to an activating group) is 1. The van der Waals surface area contributed by atoms with E-state index in [-0.39, 0.29) is 0 Å². The number of ether oxygens (including phenoxy) is 1. The number of aromatic amines is 1. The zero-order chi connectivity index (χ0) is 9.80. The van der Waals surface area contributed by atoms with Gasteiger partial charge in [-0.3, -0.25) is 0 Å². The molecule has 4 heteroatoms. The second kappa shape index (κ2) is 4.59. The highest BCUT2D eigenvalue weighted by Crippen LogP contribution is 2.17. The lowest BCUT2D eigenvalue weighted by molar-refractivity contribution is 0.0646. The van der Waals surface area contributed by atoms with Crippen molar-refractivity contribution in [1.82, 2.24) is 15.6 Å². The molecule has 0 aliphatic carbocycles. The van der Waals surface area contributed by atoms with Crippen LogP contribution in [0.15, 0.2) is 18.5 Å². The molecule has 1 aromatic rings. The molecule has 1 saturated heterocycles. The minimum atomic E-state index is 0.321. The third-order valence-electron chi connectivity index (χ3n) is 2.64. The van der Waals surface area contributed by atoms with Crippen LogP contribution < -0.4 is 10.6 Å². The molecule has 2 atom stereocenters. The highest BCUT2D eigenvalue weighted by molar-refractivity contribution is 5.16. The second-order valence-corrected chi connectivity index (χ2v) is 3.55. The summed E-state index contributed by atoms with van der Waals surface area (Å²) in [7, 11) is 1.98. The normalized spacial score (nSPS) is 24.8. The SMILES string of the molecule is CNC(c1cc[nH]c1)C1COCCN1. The molecular formula is C10H17N3O. The molecular weight excluding hydrogens is 178 g/mol. The Hall–Kier alpha value is -0.840. The van der Waals surface area contributed by atoms with E-state index in [4.69, 9.17) is 4.74 Å². The lowest BCUT2D eigenvalue weighted by Gasteiger charge is -2.30. The summed E-state index contributed by atoms with van der Waals surface area (Å²) < 4.78 is 5.45. The van der Waals surface area contributed by atoms with Gasteiger partial charge in [-0.25, -0.2) is 0 Å². The number of H-pyrrole nitrogens is 1. The van der Waals surface area contributed by atoms with Gasteiger partial charge in [0.2, 0.25) is 0 Å².